The van der Waals surface area contributed by atoms with Gasteiger partial charge in [-0.25, -0.2) is 0 Å². The first-order valence-corrected chi connectivity index (χ1v) is 6.93. The summed E-state index contributed by atoms with van der Waals surface area (Å²) in [5.41, 5.74) is -0.499. The summed E-state index contributed by atoms with van der Waals surface area (Å²) in [7, 11) is 1.65. The summed E-state index contributed by atoms with van der Waals surface area (Å²) in [6.07, 6.45) is 1.54. The van der Waals surface area contributed by atoms with Gasteiger partial charge < -0.3 is 9.47 Å². The molecule has 0 aliphatic heterocycles. The predicted molar refractivity (Wildman–Crippen MR) is 74.4 cm³/mol. The van der Waals surface area contributed by atoms with E-state index in [1.54, 1.807) is 7.11 Å². The fourth-order valence-electron chi connectivity index (χ4n) is 2.61. The van der Waals surface area contributed by atoms with Crippen LogP contribution >= 0.6 is 0 Å². The maximum absolute atomic E-state index is 12.4. The second-order valence-corrected chi connectivity index (χ2v) is 6.36. The normalized spacial score (nSPS) is 12.6. The molecule has 0 saturated heterocycles. The Morgan fingerprint density at radius 3 is 1.72 bits per heavy atom. The number of hydrogen-bond acceptors (Lipinski definition) is 3. The van der Waals surface area contributed by atoms with Crippen LogP contribution in [0.1, 0.15) is 54.4 Å². The predicted octanol–water partition coefficient (Wildman–Crippen LogP) is 3.66. The maximum Gasteiger partial charge on any atom is 0.314 e. The molecule has 0 rings (SSSR count). The van der Waals surface area contributed by atoms with Gasteiger partial charge in [0.2, 0.25) is 0 Å². The minimum Gasteiger partial charge on any atom is -0.462 e. The zero-order valence-electron chi connectivity index (χ0n) is 13.1. The second-order valence-electron chi connectivity index (χ2n) is 6.36. The Morgan fingerprint density at radius 1 is 1.00 bits per heavy atom. The van der Waals surface area contributed by atoms with E-state index < -0.39 is 5.41 Å². The molecule has 0 aromatic heterocycles. The first-order valence-electron chi connectivity index (χ1n) is 6.93. The van der Waals surface area contributed by atoms with Crippen LogP contribution in [0.3, 0.4) is 0 Å². The minimum absolute atomic E-state index is 0.0759. The third kappa shape index (κ3) is 5.85. The highest BCUT2D eigenvalue weighted by Crippen LogP contribution is 2.36. The largest absolute Gasteiger partial charge is 0.462 e. The molecule has 0 fully saturated rings. The molecule has 0 saturated carbocycles. The number of carbonyl (C=O) groups excluding carboxylic acids is 1. The van der Waals surface area contributed by atoms with Crippen molar-refractivity contribution in [2.75, 3.05) is 13.7 Å². The number of rotatable bonds is 8. The SMILES string of the molecule is COCC(CC(C)C)(CC(C)C)C(=O)OC(C)C. The van der Waals surface area contributed by atoms with Gasteiger partial charge in [0, 0.05) is 7.11 Å². The zero-order chi connectivity index (χ0) is 14.3. The third-order valence-electron chi connectivity index (χ3n) is 2.79. The van der Waals surface area contributed by atoms with Crippen LogP contribution in [-0.4, -0.2) is 25.8 Å². The third-order valence-corrected chi connectivity index (χ3v) is 2.79. The molecule has 0 amide bonds. The number of ether oxygens (including phenoxy) is 2. The summed E-state index contributed by atoms with van der Waals surface area (Å²) in [5.74, 6) is 0.777. The highest BCUT2D eigenvalue weighted by atomic mass is 16.5. The Morgan fingerprint density at radius 2 is 1.44 bits per heavy atom. The Hall–Kier alpha value is -0.570. The second kappa shape index (κ2) is 7.78. The number of hydrogen-bond donors (Lipinski definition) is 0. The van der Waals surface area contributed by atoms with Gasteiger partial charge in [-0.1, -0.05) is 27.7 Å². The molecule has 0 radical (unpaired) electrons. The summed E-state index contributed by atoms with van der Waals surface area (Å²) in [6, 6.07) is 0. The van der Waals surface area contributed by atoms with Gasteiger partial charge in [-0.05, 0) is 38.5 Å². The molecular weight excluding hydrogens is 228 g/mol. The molecule has 0 heterocycles. The van der Waals surface area contributed by atoms with Crippen LogP contribution in [-0.2, 0) is 14.3 Å². The molecule has 0 spiro atoms. The van der Waals surface area contributed by atoms with Crippen molar-refractivity contribution < 1.29 is 14.3 Å². The lowest BCUT2D eigenvalue weighted by atomic mass is 9.74. The van der Waals surface area contributed by atoms with Crippen LogP contribution in [0.2, 0.25) is 0 Å². The van der Waals surface area contributed by atoms with Crippen LogP contribution < -0.4 is 0 Å². The number of methoxy groups -OCH3 is 1. The quantitative estimate of drug-likeness (QED) is 0.623. The lowest BCUT2D eigenvalue weighted by molar-refractivity contribution is -0.166. The number of carbonyl (C=O) groups is 1. The van der Waals surface area contributed by atoms with Gasteiger partial charge >= 0.3 is 5.97 Å². The molecule has 0 aliphatic carbocycles. The molecule has 0 atom stereocenters. The lowest BCUT2D eigenvalue weighted by Gasteiger charge is -2.34. The zero-order valence-corrected chi connectivity index (χ0v) is 13.1. The smallest absolute Gasteiger partial charge is 0.314 e. The minimum atomic E-state index is -0.499. The van der Waals surface area contributed by atoms with E-state index in [1.165, 1.54) is 0 Å². The summed E-state index contributed by atoms with van der Waals surface area (Å²) >= 11 is 0. The van der Waals surface area contributed by atoms with Crippen LogP contribution in [0.5, 0.6) is 0 Å². The van der Waals surface area contributed by atoms with E-state index in [2.05, 4.69) is 27.7 Å². The van der Waals surface area contributed by atoms with Crippen molar-refractivity contribution in [2.45, 2.75) is 60.5 Å². The van der Waals surface area contributed by atoms with Crippen molar-refractivity contribution in [1.29, 1.82) is 0 Å². The van der Waals surface area contributed by atoms with E-state index in [-0.39, 0.29) is 12.1 Å². The van der Waals surface area contributed by atoms with Gasteiger partial charge in [-0.15, -0.1) is 0 Å². The molecule has 0 aromatic carbocycles. The van der Waals surface area contributed by atoms with Crippen LogP contribution in [0.25, 0.3) is 0 Å². The fraction of sp³-hybridized carbons (Fsp3) is 0.933. The van der Waals surface area contributed by atoms with E-state index in [1.807, 2.05) is 13.8 Å². The first kappa shape index (κ1) is 17.4. The maximum atomic E-state index is 12.4. The summed E-state index contributed by atoms with van der Waals surface area (Å²) in [4.78, 5) is 12.4. The highest BCUT2D eigenvalue weighted by molar-refractivity contribution is 5.77. The van der Waals surface area contributed by atoms with Crippen LogP contribution in [0.4, 0.5) is 0 Å². The molecule has 0 N–H and O–H groups in total. The van der Waals surface area contributed by atoms with E-state index in [9.17, 15) is 4.79 Å². The van der Waals surface area contributed by atoms with Crippen molar-refractivity contribution in [3.05, 3.63) is 0 Å². The van der Waals surface area contributed by atoms with Gasteiger partial charge in [0.05, 0.1) is 18.1 Å². The van der Waals surface area contributed by atoms with Crippen molar-refractivity contribution in [3.63, 3.8) is 0 Å². The molecule has 0 unspecified atom stereocenters. The Balaban J connectivity index is 5.09. The van der Waals surface area contributed by atoms with Crippen molar-refractivity contribution in [3.8, 4) is 0 Å². The molecular formula is C15H30O3. The van der Waals surface area contributed by atoms with Gasteiger partial charge in [0.25, 0.3) is 0 Å². The van der Waals surface area contributed by atoms with Crippen molar-refractivity contribution >= 4 is 5.97 Å². The van der Waals surface area contributed by atoms with E-state index in [0.717, 1.165) is 12.8 Å². The highest BCUT2D eigenvalue weighted by Gasteiger charge is 2.41. The molecule has 0 aliphatic rings. The lowest BCUT2D eigenvalue weighted by Crippen LogP contribution is -2.40. The average molecular weight is 258 g/mol. The summed E-state index contributed by atoms with van der Waals surface area (Å²) < 4.78 is 10.8. The topological polar surface area (TPSA) is 35.5 Å². The Kier molecular flexibility index (Phi) is 7.53. The van der Waals surface area contributed by atoms with Gasteiger partial charge in [-0.3, -0.25) is 4.79 Å². The average Bonchev–Trinajstić information content (AvgIpc) is 2.14. The van der Waals surface area contributed by atoms with Crippen LogP contribution in [0, 0.1) is 17.3 Å². The molecule has 0 aromatic rings. The monoisotopic (exact) mass is 258 g/mol. The Labute approximate surface area is 112 Å². The fourth-order valence-corrected chi connectivity index (χ4v) is 2.61. The van der Waals surface area contributed by atoms with E-state index >= 15 is 0 Å². The van der Waals surface area contributed by atoms with E-state index in [0.29, 0.717) is 18.4 Å². The molecule has 3 nitrogen and oxygen atoms in total. The van der Waals surface area contributed by atoms with Gasteiger partial charge in [0.15, 0.2) is 0 Å². The molecule has 0 bridgehead atoms. The van der Waals surface area contributed by atoms with Crippen molar-refractivity contribution in [2.24, 2.45) is 17.3 Å². The summed E-state index contributed by atoms with van der Waals surface area (Å²) in [6.45, 7) is 12.7. The van der Waals surface area contributed by atoms with Gasteiger partial charge in [0.1, 0.15) is 0 Å². The van der Waals surface area contributed by atoms with Gasteiger partial charge in [-0.2, -0.15) is 0 Å². The Bertz CT molecular complexity index is 234. The summed E-state index contributed by atoms with van der Waals surface area (Å²) in [5, 5.41) is 0. The first-order chi connectivity index (χ1) is 8.23. The molecule has 108 valence electrons. The van der Waals surface area contributed by atoms with Crippen molar-refractivity contribution in [1.82, 2.24) is 0 Å². The molecule has 3 heteroatoms. The number of esters is 1. The standard InChI is InChI=1S/C15H30O3/c1-11(2)8-15(10-17-7,9-12(3)4)14(16)18-13(5)6/h11-13H,8-10H2,1-7H3. The van der Waals surface area contributed by atoms with E-state index in [4.69, 9.17) is 9.47 Å². The van der Waals surface area contributed by atoms with Crippen LogP contribution in [0.15, 0.2) is 0 Å². The molecule has 18 heavy (non-hydrogen) atoms.